The topological polar surface area (TPSA) is 29.1 Å². The van der Waals surface area contributed by atoms with Crippen LogP contribution < -0.4 is 5.32 Å². The van der Waals surface area contributed by atoms with E-state index in [0.29, 0.717) is 12.8 Å². The van der Waals surface area contributed by atoms with Crippen molar-refractivity contribution in [1.82, 2.24) is 5.32 Å². The van der Waals surface area contributed by atoms with E-state index in [2.05, 4.69) is 11.2 Å². The standard InChI is InChI=1S/C9H15NOS/c1-4-5-8(2)10-9(11)6-7-12-3/h1,8H,5-7H2,2-3H3,(H,10,11). The Hall–Kier alpha value is -0.620. The molecule has 0 saturated heterocycles. The fraction of sp³-hybridized carbons (Fsp3) is 0.667. The molecular formula is C9H15NOS. The van der Waals surface area contributed by atoms with E-state index < -0.39 is 0 Å². The van der Waals surface area contributed by atoms with Crippen molar-refractivity contribution in [2.75, 3.05) is 12.0 Å². The molecule has 0 spiro atoms. The Bertz CT molecular complexity index is 174. The van der Waals surface area contributed by atoms with E-state index in [1.165, 1.54) is 0 Å². The van der Waals surface area contributed by atoms with E-state index in [0.717, 1.165) is 5.75 Å². The molecule has 0 radical (unpaired) electrons. The molecule has 0 aromatic rings. The molecule has 0 aliphatic rings. The Morgan fingerprint density at radius 1 is 1.75 bits per heavy atom. The molecule has 1 unspecified atom stereocenters. The first-order valence-electron chi connectivity index (χ1n) is 3.92. The van der Waals surface area contributed by atoms with Crippen LogP contribution in [0.4, 0.5) is 0 Å². The average molecular weight is 185 g/mol. The van der Waals surface area contributed by atoms with Gasteiger partial charge in [0.05, 0.1) is 0 Å². The number of rotatable bonds is 5. The first-order chi connectivity index (χ1) is 5.70. The van der Waals surface area contributed by atoms with E-state index in [4.69, 9.17) is 6.42 Å². The van der Waals surface area contributed by atoms with E-state index in [1.54, 1.807) is 11.8 Å². The highest BCUT2D eigenvalue weighted by molar-refractivity contribution is 7.98. The zero-order chi connectivity index (χ0) is 9.40. The number of hydrogen-bond donors (Lipinski definition) is 1. The third-order valence-corrected chi connectivity index (χ3v) is 1.98. The minimum absolute atomic E-state index is 0.0899. The lowest BCUT2D eigenvalue weighted by atomic mass is 10.2. The maximum absolute atomic E-state index is 11.1. The Labute approximate surface area is 78.5 Å². The van der Waals surface area contributed by atoms with Crippen LogP contribution in [0.25, 0.3) is 0 Å². The quantitative estimate of drug-likeness (QED) is 0.653. The lowest BCUT2D eigenvalue weighted by Crippen LogP contribution is -2.32. The lowest BCUT2D eigenvalue weighted by molar-refractivity contribution is -0.121. The Kier molecular flexibility index (Phi) is 6.69. The van der Waals surface area contributed by atoms with Crippen molar-refractivity contribution < 1.29 is 4.79 Å². The van der Waals surface area contributed by atoms with Crippen LogP contribution >= 0.6 is 11.8 Å². The van der Waals surface area contributed by atoms with Gasteiger partial charge in [-0.1, -0.05) is 0 Å². The first kappa shape index (κ1) is 11.4. The number of nitrogens with one attached hydrogen (secondary N) is 1. The van der Waals surface area contributed by atoms with Gasteiger partial charge in [0.25, 0.3) is 0 Å². The van der Waals surface area contributed by atoms with Crippen LogP contribution in [-0.4, -0.2) is 24.0 Å². The van der Waals surface area contributed by atoms with Crippen molar-refractivity contribution in [3.8, 4) is 12.3 Å². The van der Waals surface area contributed by atoms with Crippen molar-refractivity contribution in [3.63, 3.8) is 0 Å². The summed E-state index contributed by atoms with van der Waals surface area (Å²) in [6, 6.07) is 0.101. The van der Waals surface area contributed by atoms with Crippen LogP contribution in [-0.2, 0) is 4.79 Å². The molecule has 0 aliphatic heterocycles. The molecule has 2 nitrogen and oxygen atoms in total. The SMILES string of the molecule is C#CCC(C)NC(=O)CCSC. The van der Waals surface area contributed by atoms with Gasteiger partial charge in [-0.2, -0.15) is 11.8 Å². The van der Waals surface area contributed by atoms with E-state index in [-0.39, 0.29) is 11.9 Å². The van der Waals surface area contributed by atoms with Crippen molar-refractivity contribution in [2.24, 2.45) is 0 Å². The molecule has 0 aromatic heterocycles. The van der Waals surface area contributed by atoms with Gasteiger partial charge in [-0.15, -0.1) is 12.3 Å². The maximum atomic E-state index is 11.1. The van der Waals surface area contributed by atoms with Crippen LogP contribution in [0.5, 0.6) is 0 Å². The Balaban J connectivity index is 3.48. The molecule has 0 bridgehead atoms. The van der Waals surface area contributed by atoms with Gasteiger partial charge in [0.2, 0.25) is 5.91 Å². The highest BCUT2D eigenvalue weighted by Gasteiger charge is 2.04. The summed E-state index contributed by atoms with van der Waals surface area (Å²) in [6.45, 7) is 1.91. The molecule has 1 atom stereocenters. The summed E-state index contributed by atoms with van der Waals surface area (Å²) in [5, 5.41) is 2.82. The first-order valence-corrected chi connectivity index (χ1v) is 5.31. The van der Waals surface area contributed by atoms with Gasteiger partial charge in [-0.3, -0.25) is 4.79 Å². The van der Waals surface area contributed by atoms with Crippen molar-refractivity contribution in [1.29, 1.82) is 0 Å². The highest BCUT2D eigenvalue weighted by Crippen LogP contribution is 1.96. The molecule has 1 N–H and O–H groups in total. The van der Waals surface area contributed by atoms with E-state index in [9.17, 15) is 4.79 Å². The molecule has 12 heavy (non-hydrogen) atoms. The number of hydrogen-bond acceptors (Lipinski definition) is 2. The zero-order valence-electron chi connectivity index (χ0n) is 7.59. The summed E-state index contributed by atoms with van der Waals surface area (Å²) in [6.07, 6.45) is 8.27. The number of carbonyl (C=O) groups excluding carboxylic acids is 1. The molecule has 0 heterocycles. The third kappa shape index (κ3) is 6.11. The van der Waals surface area contributed by atoms with Crippen LogP contribution in [0, 0.1) is 12.3 Å². The summed E-state index contributed by atoms with van der Waals surface area (Å²) < 4.78 is 0. The number of thioether (sulfide) groups is 1. The fourth-order valence-electron chi connectivity index (χ4n) is 0.770. The second-order valence-corrected chi connectivity index (χ2v) is 3.61. The zero-order valence-corrected chi connectivity index (χ0v) is 8.41. The number of carbonyl (C=O) groups is 1. The van der Waals surface area contributed by atoms with Gasteiger partial charge < -0.3 is 5.32 Å². The molecule has 0 rings (SSSR count). The van der Waals surface area contributed by atoms with Gasteiger partial charge in [-0.05, 0) is 13.2 Å². The molecule has 68 valence electrons. The Morgan fingerprint density at radius 3 is 2.92 bits per heavy atom. The van der Waals surface area contributed by atoms with Gasteiger partial charge >= 0.3 is 0 Å². The second kappa shape index (κ2) is 7.05. The summed E-state index contributed by atoms with van der Waals surface area (Å²) in [5.41, 5.74) is 0. The minimum atomic E-state index is 0.0899. The fourth-order valence-corrected chi connectivity index (χ4v) is 1.16. The van der Waals surface area contributed by atoms with Crippen molar-refractivity contribution in [2.45, 2.75) is 25.8 Å². The number of terminal acetylenes is 1. The molecule has 1 amide bonds. The largest absolute Gasteiger partial charge is 0.353 e. The molecule has 0 aliphatic carbocycles. The van der Waals surface area contributed by atoms with Crippen molar-refractivity contribution >= 4 is 17.7 Å². The summed E-state index contributed by atoms with van der Waals surface area (Å²) >= 11 is 1.67. The summed E-state index contributed by atoms with van der Waals surface area (Å²) in [5.74, 6) is 3.47. The molecule has 0 aromatic carbocycles. The van der Waals surface area contributed by atoms with Crippen LogP contribution in [0.1, 0.15) is 19.8 Å². The average Bonchev–Trinajstić information content (AvgIpc) is 2.01. The van der Waals surface area contributed by atoms with Gasteiger partial charge in [-0.25, -0.2) is 0 Å². The van der Waals surface area contributed by atoms with E-state index >= 15 is 0 Å². The van der Waals surface area contributed by atoms with Crippen LogP contribution in [0.3, 0.4) is 0 Å². The third-order valence-electron chi connectivity index (χ3n) is 1.36. The molecular weight excluding hydrogens is 170 g/mol. The predicted octanol–water partition coefficient (Wildman–Crippen LogP) is 1.27. The maximum Gasteiger partial charge on any atom is 0.221 e. The van der Waals surface area contributed by atoms with Gasteiger partial charge in [0.15, 0.2) is 0 Å². The molecule has 0 fully saturated rings. The second-order valence-electron chi connectivity index (χ2n) is 2.62. The summed E-state index contributed by atoms with van der Waals surface area (Å²) in [4.78, 5) is 11.1. The van der Waals surface area contributed by atoms with Gasteiger partial charge in [0.1, 0.15) is 0 Å². The molecule has 3 heteroatoms. The van der Waals surface area contributed by atoms with Crippen LogP contribution in [0.2, 0.25) is 0 Å². The van der Waals surface area contributed by atoms with Crippen LogP contribution in [0.15, 0.2) is 0 Å². The monoisotopic (exact) mass is 185 g/mol. The normalized spacial score (nSPS) is 11.8. The lowest BCUT2D eigenvalue weighted by Gasteiger charge is -2.09. The van der Waals surface area contributed by atoms with E-state index in [1.807, 2.05) is 13.2 Å². The van der Waals surface area contributed by atoms with Gasteiger partial charge in [0, 0.05) is 24.6 Å². The predicted molar refractivity (Wildman–Crippen MR) is 54.1 cm³/mol. The van der Waals surface area contributed by atoms with Crippen molar-refractivity contribution in [3.05, 3.63) is 0 Å². The summed E-state index contributed by atoms with van der Waals surface area (Å²) in [7, 11) is 0. The Morgan fingerprint density at radius 2 is 2.42 bits per heavy atom. The molecule has 0 saturated carbocycles. The highest BCUT2D eigenvalue weighted by atomic mass is 32.2. The smallest absolute Gasteiger partial charge is 0.221 e. The number of amides is 1. The minimum Gasteiger partial charge on any atom is -0.353 e.